The third-order valence-electron chi connectivity index (χ3n) is 5.13. The van der Waals surface area contributed by atoms with Crippen molar-refractivity contribution in [3.63, 3.8) is 0 Å². The highest BCUT2D eigenvalue weighted by Gasteiger charge is 2.33. The summed E-state index contributed by atoms with van der Waals surface area (Å²) in [5.74, 6) is -0.334. The monoisotopic (exact) mass is 395 g/mol. The number of rotatable bonds is 8. The first-order valence-electron chi connectivity index (χ1n) is 9.82. The number of sulfonamides is 1. The molecule has 0 bridgehead atoms. The van der Waals surface area contributed by atoms with Crippen LogP contribution in [0.5, 0.6) is 0 Å². The van der Waals surface area contributed by atoms with Crippen molar-refractivity contribution < 1.29 is 13.2 Å². The summed E-state index contributed by atoms with van der Waals surface area (Å²) >= 11 is 0. The highest BCUT2D eigenvalue weighted by Crippen LogP contribution is 2.23. The van der Waals surface area contributed by atoms with Crippen LogP contribution in [0.2, 0.25) is 0 Å². The van der Waals surface area contributed by atoms with Gasteiger partial charge in [0.1, 0.15) is 0 Å². The van der Waals surface area contributed by atoms with Gasteiger partial charge in [-0.1, -0.05) is 18.2 Å². The maximum Gasteiger partial charge on any atom is 0.243 e. The van der Waals surface area contributed by atoms with Crippen LogP contribution in [0.25, 0.3) is 0 Å². The predicted octanol–water partition coefficient (Wildman–Crippen LogP) is 2.32. The van der Waals surface area contributed by atoms with Gasteiger partial charge < -0.3 is 5.32 Å². The molecule has 1 unspecified atom stereocenters. The van der Waals surface area contributed by atoms with Crippen LogP contribution in [0.1, 0.15) is 40.5 Å². The Balaban J connectivity index is 1.93. The highest BCUT2D eigenvalue weighted by atomic mass is 32.2. The first kappa shape index (κ1) is 21.9. The fraction of sp³-hybridized carbons (Fsp3) is 0.650. The van der Waals surface area contributed by atoms with Gasteiger partial charge in [-0.15, -0.1) is 0 Å². The number of nitrogens with one attached hydrogen (secondary N) is 1. The van der Waals surface area contributed by atoms with Gasteiger partial charge in [0.15, 0.2) is 0 Å². The van der Waals surface area contributed by atoms with E-state index in [-0.39, 0.29) is 23.3 Å². The average Bonchev–Trinajstić information content (AvgIpc) is 2.65. The summed E-state index contributed by atoms with van der Waals surface area (Å²) in [5.41, 5.74) is 0. The molecule has 152 valence electrons. The van der Waals surface area contributed by atoms with Gasteiger partial charge in [0.25, 0.3) is 0 Å². The van der Waals surface area contributed by atoms with E-state index in [1.54, 1.807) is 30.3 Å². The SMILES string of the molecule is CC(C)N(CCNC(=O)C1CCCN(S(=O)(=O)c2ccccc2)C1)C(C)C. The summed E-state index contributed by atoms with van der Waals surface area (Å²) in [5, 5.41) is 3.00. The van der Waals surface area contributed by atoms with Crippen molar-refractivity contribution in [2.45, 2.75) is 57.5 Å². The van der Waals surface area contributed by atoms with Crippen LogP contribution in [0.3, 0.4) is 0 Å². The maximum atomic E-state index is 12.8. The maximum absolute atomic E-state index is 12.8. The molecular weight excluding hydrogens is 362 g/mol. The molecule has 0 aliphatic carbocycles. The van der Waals surface area contributed by atoms with Gasteiger partial charge in [0, 0.05) is 38.3 Å². The summed E-state index contributed by atoms with van der Waals surface area (Å²) in [7, 11) is -3.54. The van der Waals surface area contributed by atoms with Gasteiger partial charge in [0.2, 0.25) is 15.9 Å². The molecule has 1 N–H and O–H groups in total. The van der Waals surface area contributed by atoms with Crippen LogP contribution < -0.4 is 5.32 Å². The lowest BCUT2D eigenvalue weighted by atomic mass is 9.99. The van der Waals surface area contributed by atoms with Gasteiger partial charge in [-0.25, -0.2) is 8.42 Å². The Bertz CT molecular complexity index is 696. The lowest BCUT2D eigenvalue weighted by Gasteiger charge is -2.32. The van der Waals surface area contributed by atoms with E-state index in [0.29, 0.717) is 31.6 Å². The van der Waals surface area contributed by atoms with Crippen molar-refractivity contribution in [1.82, 2.24) is 14.5 Å². The zero-order valence-electron chi connectivity index (χ0n) is 16.9. The second kappa shape index (κ2) is 9.66. The van der Waals surface area contributed by atoms with Crippen molar-refractivity contribution in [1.29, 1.82) is 0 Å². The second-order valence-electron chi connectivity index (χ2n) is 7.73. The fourth-order valence-electron chi connectivity index (χ4n) is 3.68. The fourth-order valence-corrected chi connectivity index (χ4v) is 5.23. The van der Waals surface area contributed by atoms with Crippen LogP contribution in [-0.2, 0) is 14.8 Å². The number of carbonyl (C=O) groups excluding carboxylic acids is 1. The minimum absolute atomic E-state index is 0.0459. The Morgan fingerprint density at radius 2 is 1.81 bits per heavy atom. The van der Waals surface area contributed by atoms with E-state index in [4.69, 9.17) is 0 Å². The van der Waals surface area contributed by atoms with E-state index in [9.17, 15) is 13.2 Å². The molecule has 0 aromatic heterocycles. The lowest BCUT2D eigenvalue weighted by molar-refractivity contribution is -0.126. The number of nitrogens with zero attached hydrogens (tertiary/aromatic N) is 2. The Hall–Kier alpha value is -1.44. The number of carbonyl (C=O) groups is 1. The largest absolute Gasteiger partial charge is 0.355 e. The van der Waals surface area contributed by atoms with E-state index in [2.05, 4.69) is 37.9 Å². The molecule has 2 rings (SSSR count). The number of benzene rings is 1. The van der Waals surface area contributed by atoms with Gasteiger partial charge in [-0.3, -0.25) is 9.69 Å². The molecule has 1 aliphatic rings. The third-order valence-corrected chi connectivity index (χ3v) is 7.01. The molecule has 1 fully saturated rings. The molecule has 1 heterocycles. The average molecular weight is 396 g/mol. The van der Waals surface area contributed by atoms with Crippen LogP contribution in [0.15, 0.2) is 35.2 Å². The minimum atomic E-state index is -3.54. The van der Waals surface area contributed by atoms with Crippen LogP contribution in [0.4, 0.5) is 0 Å². The molecule has 1 aromatic carbocycles. The Morgan fingerprint density at radius 3 is 2.41 bits per heavy atom. The normalized spacial score (nSPS) is 19.0. The molecule has 1 aliphatic heterocycles. The molecule has 6 nitrogen and oxygen atoms in total. The number of hydrogen-bond acceptors (Lipinski definition) is 4. The molecule has 1 amide bonds. The quantitative estimate of drug-likeness (QED) is 0.733. The number of amides is 1. The van der Waals surface area contributed by atoms with E-state index in [0.717, 1.165) is 13.0 Å². The molecule has 0 spiro atoms. The van der Waals surface area contributed by atoms with Crippen LogP contribution >= 0.6 is 0 Å². The molecule has 0 radical (unpaired) electrons. The van der Waals surface area contributed by atoms with E-state index < -0.39 is 10.0 Å². The minimum Gasteiger partial charge on any atom is -0.355 e. The summed E-state index contributed by atoms with van der Waals surface area (Å²) < 4.78 is 27.0. The van der Waals surface area contributed by atoms with Crippen molar-refractivity contribution in [3.8, 4) is 0 Å². The Labute approximate surface area is 164 Å². The summed E-state index contributed by atoms with van der Waals surface area (Å²) in [6.07, 6.45) is 1.43. The first-order valence-corrected chi connectivity index (χ1v) is 11.3. The molecule has 0 saturated carbocycles. The number of hydrogen-bond donors (Lipinski definition) is 1. The lowest BCUT2D eigenvalue weighted by Crippen LogP contribution is -2.47. The van der Waals surface area contributed by atoms with E-state index in [1.165, 1.54) is 4.31 Å². The van der Waals surface area contributed by atoms with Crippen LogP contribution in [-0.4, -0.2) is 61.8 Å². The third kappa shape index (κ3) is 5.77. The predicted molar refractivity (Wildman–Crippen MR) is 108 cm³/mol. The Morgan fingerprint density at radius 1 is 1.19 bits per heavy atom. The smallest absolute Gasteiger partial charge is 0.243 e. The molecule has 1 atom stereocenters. The first-order chi connectivity index (χ1) is 12.7. The van der Waals surface area contributed by atoms with Crippen LogP contribution in [0, 0.1) is 5.92 Å². The van der Waals surface area contributed by atoms with E-state index in [1.807, 2.05) is 0 Å². The Kier molecular flexibility index (Phi) is 7.82. The molecular formula is C20H33N3O3S. The van der Waals surface area contributed by atoms with Crippen molar-refractivity contribution >= 4 is 15.9 Å². The summed E-state index contributed by atoms with van der Waals surface area (Å²) in [6, 6.07) is 9.28. The van der Waals surface area contributed by atoms with E-state index >= 15 is 0 Å². The van der Waals surface area contributed by atoms with Crippen molar-refractivity contribution in [2.75, 3.05) is 26.2 Å². The standard InChI is InChI=1S/C20H33N3O3S/c1-16(2)23(17(3)4)14-12-21-20(24)18-9-8-13-22(15-18)27(25,26)19-10-6-5-7-11-19/h5-7,10-11,16-18H,8-9,12-15H2,1-4H3,(H,21,24). The number of piperidine rings is 1. The molecule has 1 aromatic rings. The van der Waals surface area contributed by atoms with Crippen molar-refractivity contribution in [2.24, 2.45) is 5.92 Å². The second-order valence-corrected chi connectivity index (χ2v) is 9.67. The van der Waals surface area contributed by atoms with Gasteiger partial charge >= 0.3 is 0 Å². The molecule has 7 heteroatoms. The zero-order chi connectivity index (χ0) is 20.0. The zero-order valence-corrected chi connectivity index (χ0v) is 17.7. The molecule has 1 saturated heterocycles. The topological polar surface area (TPSA) is 69.7 Å². The van der Waals surface area contributed by atoms with Gasteiger partial charge in [0.05, 0.1) is 10.8 Å². The summed E-state index contributed by atoms with van der Waals surface area (Å²) in [6.45, 7) is 10.7. The van der Waals surface area contributed by atoms with Gasteiger partial charge in [-0.2, -0.15) is 4.31 Å². The van der Waals surface area contributed by atoms with Crippen molar-refractivity contribution in [3.05, 3.63) is 30.3 Å². The molecule has 27 heavy (non-hydrogen) atoms. The summed E-state index contributed by atoms with van der Waals surface area (Å²) in [4.78, 5) is 15.2. The highest BCUT2D eigenvalue weighted by molar-refractivity contribution is 7.89. The van der Waals surface area contributed by atoms with Gasteiger partial charge in [-0.05, 0) is 52.7 Å².